The third-order valence-corrected chi connectivity index (χ3v) is 1.80. The molecule has 1 aromatic heterocycles. The molecular formula is C8H7F3O4. The van der Waals surface area contributed by atoms with Gasteiger partial charge < -0.3 is 14.6 Å². The van der Waals surface area contributed by atoms with Gasteiger partial charge in [-0.05, 0) is 12.1 Å². The highest BCUT2D eigenvalue weighted by atomic mass is 19.4. The molecule has 0 aliphatic rings. The molecule has 0 spiro atoms. The normalized spacial score (nSPS) is 16.0. The highest BCUT2D eigenvalue weighted by Crippen LogP contribution is 2.41. The van der Waals surface area contributed by atoms with Gasteiger partial charge in [0.05, 0.1) is 12.7 Å². The molecule has 0 bridgehead atoms. The summed E-state index contributed by atoms with van der Waals surface area (Å²) in [5, 5.41) is 17.6. The second kappa shape index (κ2) is 3.58. The Kier molecular flexibility index (Phi) is 2.76. The van der Waals surface area contributed by atoms with Crippen LogP contribution < -0.4 is 0 Å². The Morgan fingerprint density at radius 2 is 2.07 bits per heavy atom. The number of hydrogen-bond donors (Lipinski definition) is 2. The quantitative estimate of drug-likeness (QED) is 0.816. The molecule has 0 radical (unpaired) electrons. The average Bonchev–Trinajstić information content (AvgIpc) is 2.51. The molecule has 7 heteroatoms. The van der Waals surface area contributed by atoms with Gasteiger partial charge in [0.25, 0.3) is 0 Å². The molecular weight excluding hydrogens is 217 g/mol. The molecule has 1 heterocycles. The van der Waals surface area contributed by atoms with Gasteiger partial charge in [0.2, 0.25) is 5.60 Å². The van der Waals surface area contributed by atoms with Crippen LogP contribution in [0.5, 0.6) is 0 Å². The van der Waals surface area contributed by atoms with Crippen molar-refractivity contribution in [2.45, 2.75) is 18.2 Å². The SMILES string of the molecule is O=C(O)CC(O)(c1ccco1)C(F)(F)F. The first kappa shape index (κ1) is 11.6. The predicted molar refractivity (Wildman–Crippen MR) is 40.9 cm³/mol. The maximum Gasteiger partial charge on any atom is 0.425 e. The molecule has 4 nitrogen and oxygen atoms in total. The highest BCUT2D eigenvalue weighted by molar-refractivity contribution is 5.68. The average molecular weight is 224 g/mol. The number of aliphatic hydroxyl groups is 1. The Labute approximate surface area is 81.9 Å². The molecule has 15 heavy (non-hydrogen) atoms. The minimum Gasteiger partial charge on any atom is -0.481 e. The summed E-state index contributed by atoms with van der Waals surface area (Å²) in [5.74, 6) is -2.61. The van der Waals surface area contributed by atoms with Crippen molar-refractivity contribution >= 4 is 5.97 Å². The van der Waals surface area contributed by atoms with Crippen molar-refractivity contribution in [1.29, 1.82) is 0 Å². The lowest BCUT2D eigenvalue weighted by molar-refractivity contribution is -0.274. The van der Waals surface area contributed by atoms with Gasteiger partial charge in [-0.25, -0.2) is 0 Å². The van der Waals surface area contributed by atoms with Gasteiger partial charge in [-0.3, -0.25) is 4.79 Å². The summed E-state index contributed by atoms with van der Waals surface area (Å²) in [6, 6.07) is 2.00. The fourth-order valence-corrected chi connectivity index (χ4v) is 1.06. The van der Waals surface area contributed by atoms with Crippen LogP contribution in [0.1, 0.15) is 12.2 Å². The van der Waals surface area contributed by atoms with Crippen LogP contribution in [0.15, 0.2) is 22.8 Å². The van der Waals surface area contributed by atoms with Gasteiger partial charge in [0.15, 0.2) is 0 Å². The zero-order valence-corrected chi connectivity index (χ0v) is 7.28. The smallest absolute Gasteiger partial charge is 0.425 e. The molecule has 1 unspecified atom stereocenters. The van der Waals surface area contributed by atoms with Crippen LogP contribution in [0.25, 0.3) is 0 Å². The molecule has 0 saturated heterocycles. The Morgan fingerprint density at radius 3 is 2.40 bits per heavy atom. The number of alkyl halides is 3. The van der Waals surface area contributed by atoms with E-state index < -0.39 is 29.9 Å². The van der Waals surface area contributed by atoms with E-state index in [0.717, 1.165) is 18.4 Å². The number of furan rings is 1. The minimum absolute atomic E-state index is 0.836. The zero-order chi connectivity index (χ0) is 11.7. The third-order valence-electron chi connectivity index (χ3n) is 1.80. The summed E-state index contributed by atoms with van der Waals surface area (Å²) in [6.45, 7) is 0. The van der Waals surface area contributed by atoms with Crippen molar-refractivity contribution in [2.75, 3.05) is 0 Å². The third kappa shape index (κ3) is 2.12. The Morgan fingerprint density at radius 1 is 1.47 bits per heavy atom. The van der Waals surface area contributed by atoms with Crippen LogP contribution in [0.4, 0.5) is 13.2 Å². The van der Waals surface area contributed by atoms with E-state index in [0.29, 0.717) is 0 Å². The van der Waals surface area contributed by atoms with Gasteiger partial charge in [0, 0.05) is 0 Å². The van der Waals surface area contributed by atoms with E-state index in [4.69, 9.17) is 5.11 Å². The minimum atomic E-state index is -5.11. The molecule has 0 saturated carbocycles. The summed E-state index contributed by atoms with van der Waals surface area (Å²) in [5.41, 5.74) is -3.48. The molecule has 1 rings (SSSR count). The standard InChI is InChI=1S/C8H7F3O4/c9-8(10,11)7(14,4-6(12)13)5-2-1-3-15-5/h1-3,14H,4H2,(H,12,13). The number of carboxylic acids is 1. The fraction of sp³-hybridized carbons (Fsp3) is 0.375. The first-order chi connectivity index (χ1) is 6.77. The lowest BCUT2D eigenvalue weighted by atomic mass is 9.96. The largest absolute Gasteiger partial charge is 0.481 e. The molecule has 0 aliphatic carbocycles. The van der Waals surface area contributed by atoms with E-state index in [9.17, 15) is 23.1 Å². The first-order valence-electron chi connectivity index (χ1n) is 3.82. The molecule has 1 atom stereocenters. The zero-order valence-electron chi connectivity index (χ0n) is 7.28. The van der Waals surface area contributed by atoms with Gasteiger partial charge >= 0.3 is 12.1 Å². The molecule has 0 aliphatic heterocycles. The number of rotatable bonds is 3. The van der Waals surface area contributed by atoms with Crippen molar-refractivity contribution in [3.63, 3.8) is 0 Å². The number of halogens is 3. The van der Waals surface area contributed by atoms with Crippen LogP contribution in [0, 0.1) is 0 Å². The lowest BCUT2D eigenvalue weighted by Gasteiger charge is -2.26. The first-order valence-corrected chi connectivity index (χ1v) is 3.82. The van der Waals surface area contributed by atoms with Crippen LogP contribution in [0.2, 0.25) is 0 Å². The Balaban J connectivity index is 3.13. The maximum atomic E-state index is 12.5. The van der Waals surface area contributed by atoms with E-state index in [1.54, 1.807) is 0 Å². The van der Waals surface area contributed by atoms with Crippen molar-refractivity contribution in [3.05, 3.63) is 24.2 Å². The summed E-state index contributed by atoms with van der Waals surface area (Å²) >= 11 is 0. The molecule has 2 N–H and O–H groups in total. The van der Waals surface area contributed by atoms with Gasteiger partial charge in [-0.2, -0.15) is 13.2 Å². The Bertz CT molecular complexity index is 343. The van der Waals surface area contributed by atoms with Crippen LogP contribution in [0.3, 0.4) is 0 Å². The number of aliphatic carboxylic acids is 1. The second-order valence-electron chi connectivity index (χ2n) is 2.91. The molecule has 0 amide bonds. The van der Waals surface area contributed by atoms with Gasteiger partial charge in [-0.15, -0.1) is 0 Å². The van der Waals surface area contributed by atoms with E-state index in [-0.39, 0.29) is 0 Å². The maximum absolute atomic E-state index is 12.5. The summed E-state index contributed by atoms with van der Waals surface area (Å²) in [4.78, 5) is 10.3. The predicted octanol–water partition coefficient (Wildman–Crippen LogP) is 1.50. The van der Waals surface area contributed by atoms with Gasteiger partial charge in [-0.1, -0.05) is 0 Å². The monoisotopic (exact) mass is 224 g/mol. The molecule has 0 aromatic carbocycles. The highest BCUT2D eigenvalue weighted by Gasteiger charge is 2.58. The number of carboxylic acid groups (broad SMARTS) is 1. The van der Waals surface area contributed by atoms with Crippen molar-refractivity contribution in [2.24, 2.45) is 0 Å². The molecule has 1 aromatic rings. The fourth-order valence-electron chi connectivity index (χ4n) is 1.06. The van der Waals surface area contributed by atoms with Crippen LogP contribution in [-0.2, 0) is 10.4 Å². The van der Waals surface area contributed by atoms with E-state index in [1.165, 1.54) is 0 Å². The van der Waals surface area contributed by atoms with Crippen molar-refractivity contribution in [1.82, 2.24) is 0 Å². The second-order valence-corrected chi connectivity index (χ2v) is 2.91. The van der Waals surface area contributed by atoms with Crippen LogP contribution >= 0.6 is 0 Å². The van der Waals surface area contributed by atoms with E-state index in [1.807, 2.05) is 0 Å². The van der Waals surface area contributed by atoms with Crippen molar-refractivity contribution in [3.8, 4) is 0 Å². The number of carbonyl (C=O) groups is 1. The number of hydrogen-bond acceptors (Lipinski definition) is 3. The summed E-state index contributed by atoms with van der Waals surface area (Å²) in [7, 11) is 0. The summed E-state index contributed by atoms with van der Waals surface area (Å²) in [6.07, 6.45) is -5.68. The molecule has 84 valence electrons. The van der Waals surface area contributed by atoms with Crippen molar-refractivity contribution < 1.29 is 32.6 Å². The van der Waals surface area contributed by atoms with Crippen LogP contribution in [-0.4, -0.2) is 22.4 Å². The molecule has 0 fully saturated rings. The topological polar surface area (TPSA) is 70.7 Å². The Hall–Kier alpha value is -1.50. The summed E-state index contributed by atoms with van der Waals surface area (Å²) < 4.78 is 41.8. The van der Waals surface area contributed by atoms with E-state index in [2.05, 4.69) is 4.42 Å². The lowest BCUT2D eigenvalue weighted by Crippen LogP contribution is -2.43. The van der Waals surface area contributed by atoms with E-state index >= 15 is 0 Å². The van der Waals surface area contributed by atoms with Gasteiger partial charge in [0.1, 0.15) is 5.76 Å².